The molecular weight excluding hydrogens is 426 g/mol. The summed E-state index contributed by atoms with van der Waals surface area (Å²) >= 11 is 1.47. The summed E-state index contributed by atoms with van der Waals surface area (Å²) in [4.78, 5) is 24.6. The molecule has 1 atom stereocenters. The molecule has 0 fully saturated rings. The number of thiazole rings is 1. The van der Waals surface area contributed by atoms with Gasteiger partial charge in [-0.15, -0.1) is 0 Å². The van der Waals surface area contributed by atoms with E-state index in [9.17, 15) is 9.59 Å². The Bertz CT molecular complexity index is 865. The Morgan fingerprint density at radius 1 is 1.00 bits per heavy atom. The van der Waals surface area contributed by atoms with Crippen molar-refractivity contribution in [3.8, 4) is 0 Å². The van der Waals surface area contributed by atoms with E-state index < -0.39 is 6.10 Å². The first-order valence-corrected chi connectivity index (χ1v) is 8.84. The molecular formula is C21H22BrNO3S. The Morgan fingerprint density at radius 2 is 1.56 bits per heavy atom. The summed E-state index contributed by atoms with van der Waals surface area (Å²) in [5.41, 5.74) is 1.18. The molecule has 0 saturated heterocycles. The fourth-order valence-electron chi connectivity index (χ4n) is 2.50. The molecule has 0 aliphatic rings. The van der Waals surface area contributed by atoms with Crippen molar-refractivity contribution in [1.29, 1.82) is 0 Å². The Morgan fingerprint density at radius 3 is 2.15 bits per heavy atom. The monoisotopic (exact) mass is 447 g/mol. The number of ketones is 1. The van der Waals surface area contributed by atoms with Crippen LogP contribution in [0.15, 0.2) is 72.2 Å². The molecule has 1 aromatic heterocycles. The Labute approximate surface area is 174 Å². The fourth-order valence-corrected chi connectivity index (χ4v) is 3.35. The minimum atomic E-state index is -0.434. The van der Waals surface area contributed by atoms with Crippen molar-refractivity contribution in [2.75, 3.05) is 0 Å². The van der Waals surface area contributed by atoms with Gasteiger partial charge in [0.25, 0.3) is 5.01 Å². The van der Waals surface area contributed by atoms with Crippen LogP contribution in [0.5, 0.6) is 0 Å². The molecule has 3 rings (SSSR count). The second-order valence-electron chi connectivity index (χ2n) is 5.57. The van der Waals surface area contributed by atoms with Gasteiger partial charge in [-0.25, -0.2) is 4.79 Å². The first kappa shape index (κ1) is 22.7. The van der Waals surface area contributed by atoms with Gasteiger partial charge in [-0.3, -0.25) is 4.79 Å². The number of benzene rings is 2. The quantitative estimate of drug-likeness (QED) is 0.326. The van der Waals surface area contributed by atoms with Crippen molar-refractivity contribution in [2.45, 2.75) is 27.0 Å². The molecule has 0 bridgehead atoms. The van der Waals surface area contributed by atoms with Crippen molar-refractivity contribution < 1.29 is 35.9 Å². The van der Waals surface area contributed by atoms with Gasteiger partial charge in [0, 0.05) is 5.56 Å². The lowest BCUT2D eigenvalue weighted by Crippen LogP contribution is -3.00. The SMILES string of the molecule is C.CC(OC(=O)c1ccccc1)c1scc[n+]1CC(=O)c1ccccc1.[Br-]. The Balaban J connectivity index is 0.00000182. The number of rotatable bonds is 6. The number of hydrogen-bond donors (Lipinski definition) is 0. The maximum absolute atomic E-state index is 12.4. The molecule has 0 amide bonds. The summed E-state index contributed by atoms with van der Waals surface area (Å²) in [7, 11) is 0. The van der Waals surface area contributed by atoms with Crippen molar-refractivity contribution >= 4 is 23.1 Å². The van der Waals surface area contributed by atoms with Crippen LogP contribution in [0, 0.1) is 0 Å². The van der Waals surface area contributed by atoms with E-state index in [-0.39, 0.29) is 42.7 Å². The summed E-state index contributed by atoms with van der Waals surface area (Å²) in [6.07, 6.45) is 1.41. The summed E-state index contributed by atoms with van der Waals surface area (Å²) < 4.78 is 7.38. The smallest absolute Gasteiger partial charge is 0.338 e. The highest BCUT2D eigenvalue weighted by Crippen LogP contribution is 2.20. The minimum Gasteiger partial charge on any atom is -1.00 e. The standard InChI is InChI=1S/C20H18NO3S.CH4.BrH/c1-15(24-20(23)17-10-6-3-7-11-17)19-21(12-13-25-19)14-18(22)16-8-4-2-5-9-16;;/h2-13,15H,14H2,1H3;1H4;1H/q+1;;/p-1. The van der Waals surface area contributed by atoms with Crippen LogP contribution in [0.3, 0.4) is 0 Å². The number of nitrogens with zero attached hydrogens (tertiary/aromatic N) is 1. The number of hydrogen-bond acceptors (Lipinski definition) is 4. The molecule has 142 valence electrons. The molecule has 1 heterocycles. The van der Waals surface area contributed by atoms with Crippen LogP contribution in [0.2, 0.25) is 0 Å². The zero-order valence-electron chi connectivity index (χ0n) is 14.2. The third kappa shape index (κ3) is 5.84. The maximum atomic E-state index is 12.4. The molecule has 6 heteroatoms. The van der Waals surface area contributed by atoms with Gasteiger partial charge in [0.2, 0.25) is 12.3 Å². The lowest BCUT2D eigenvalue weighted by molar-refractivity contribution is -0.688. The number of carbonyl (C=O) groups is 2. The van der Waals surface area contributed by atoms with Crippen molar-refractivity contribution in [3.63, 3.8) is 0 Å². The van der Waals surface area contributed by atoms with Crippen LogP contribution in [0.1, 0.15) is 46.2 Å². The zero-order chi connectivity index (χ0) is 17.6. The van der Waals surface area contributed by atoms with Gasteiger partial charge in [-0.2, -0.15) is 4.57 Å². The molecule has 3 aromatic rings. The minimum absolute atomic E-state index is 0. The second-order valence-corrected chi connectivity index (χ2v) is 6.50. The van der Waals surface area contributed by atoms with Crippen LogP contribution in [-0.2, 0) is 11.3 Å². The van der Waals surface area contributed by atoms with Crippen LogP contribution in [0.25, 0.3) is 0 Å². The lowest BCUT2D eigenvalue weighted by Gasteiger charge is -2.10. The second kappa shape index (κ2) is 10.7. The summed E-state index contributed by atoms with van der Waals surface area (Å²) in [5, 5.41) is 2.72. The molecule has 0 N–H and O–H groups in total. The normalized spacial score (nSPS) is 10.9. The summed E-state index contributed by atoms with van der Waals surface area (Å²) in [6, 6.07) is 18.0. The Kier molecular flexibility index (Phi) is 9.05. The van der Waals surface area contributed by atoms with Crippen LogP contribution in [-0.4, -0.2) is 11.8 Å². The number of Topliss-reactive ketones (excluding diaryl/α,β-unsaturated/α-hetero) is 1. The lowest BCUT2D eigenvalue weighted by atomic mass is 10.1. The number of aromatic nitrogens is 1. The van der Waals surface area contributed by atoms with E-state index in [1.807, 2.05) is 47.3 Å². The van der Waals surface area contributed by atoms with Gasteiger partial charge in [-0.05, 0) is 19.1 Å². The number of carbonyl (C=O) groups excluding carboxylic acids is 2. The van der Waals surface area contributed by atoms with E-state index in [1.54, 1.807) is 36.4 Å². The van der Waals surface area contributed by atoms with E-state index in [4.69, 9.17) is 4.74 Å². The van der Waals surface area contributed by atoms with Gasteiger partial charge in [0.05, 0.1) is 10.9 Å². The van der Waals surface area contributed by atoms with Crippen molar-refractivity contribution in [3.05, 3.63) is 88.4 Å². The van der Waals surface area contributed by atoms with E-state index in [1.165, 1.54) is 11.3 Å². The number of halogens is 1. The van der Waals surface area contributed by atoms with E-state index >= 15 is 0 Å². The third-order valence-corrected chi connectivity index (χ3v) is 4.83. The van der Waals surface area contributed by atoms with Gasteiger partial charge in [0.1, 0.15) is 0 Å². The van der Waals surface area contributed by atoms with Crippen LogP contribution < -0.4 is 21.5 Å². The molecule has 0 radical (unpaired) electrons. The zero-order valence-corrected chi connectivity index (χ0v) is 16.6. The molecule has 0 aliphatic heterocycles. The molecule has 27 heavy (non-hydrogen) atoms. The molecule has 4 nitrogen and oxygen atoms in total. The van der Waals surface area contributed by atoms with Gasteiger partial charge >= 0.3 is 5.97 Å². The van der Waals surface area contributed by atoms with E-state index in [0.717, 1.165) is 5.01 Å². The molecule has 1 unspecified atom stereocenters. The van der Waals surface area contributed by atoms with Gasteiger partial charge in [0.15, 0.2) is 12.3 Å². The molecule has 0 spiro atoms. The Hall–Kier alpha value is -2.31. The highest BCUT2D eigenvalue weighted by atomic mass is 79.9. The van der Waals surface area contributed by atoms with Crippen molar-refractivity contribution in [1.82, 2.24) is 0 Å². The highest BCUT2D eigenvalue weighted by molar-refractivity contribution is 7.09. The van der Waals surface area contributed by atoms with Gasteiger partial charge in [-0.1, -0.05) is 67.3 Å². The molecule has 2 aromatic carbocycles. The number of ether oxygens (including phenoxy) is 1. The van der Waals surface area contributed by atoms with E-state index in [0.29, 0.717) is 11.1 Å². The predicted molar refractivity (Wildman–Crippen MR) is 102 cm³/mol. The highest BCUT2D eigenvalue weighted by Gasteiger charge is 2.26. The fraction of sp³-hybridized carbons (Fsp3) is 0.190. The van der Waals surface area contributed by atoms with Crippen LogP contribution in [0.4, 0.5) is 0 Å². The summed E-state index contributed by atoms with van der Waals surface area (Å²) in [5.74, 6) is -0.353. The summed E-state index contributed by atoms with van der Waals surface area (Å²) in [6.45, 7) is 2.03. The van der Waals surface area contributed by atoms with E-state index in [2.05, 4.69) is 0 Å². The predicted octanol–water partition coefficient (Wildman–Crippen LogP) is 1.48. The molecule has 0 aliphatic carbocycles. The topological polar surface area (TPSA) is 47.2 Å². The average molecular weight is 448 g/mol. The van der Waals surface area contributed by atoms with Crippen molar-refractivity contribution in [2.24, 2.45) is 0 Å². The van der Waals surface area contributed by atoms with Crippen LogP contribution >= 0.6 is 11.3 Å². The largest absolute Gasteiger partial charge is 1.00 e. The van der Waals surface area contributed by atoms with Gasteiger partial charge < -0.3 is 21.7 Å². The third-order valence-electron chi connectivity index (χ3n) is 3.76. The first-order valence-electron chi connectivity index (χ1n) is 7.96. The average Bonchev–Trinajstić information content (AvgIpc) is 3.11. The number of esters is 1. The maximum Gasteiger partial charge on any atom is 0.338 e. The first-order chi connectivity index (χ1) is 12.1. The molecule has 0 saturated carbocycles.